The molecule has 2 amide bonds. The minimum absolute atomic E-state index is 0.0727. The maximum atomic E-state index is 12.3. The van der Waals surface area contributed by atoms with Crippen LogP contribution >= 0.6 is 0 Å². The van der Waals surface area contributed by atoms with Crippen LogP contribution in [0, 0.1) is 6.92 Å². The number of carbonyl (C=O) groups is 2. The van der Waals surface area contributed by atoms with Crippen LogP contribution in [0.4, 0.5) is 0 Å². The summed E-state index contributed by atoms with van der Waals surface area (Å²) in [5.41, 5.74) is 9.16. The first-order chi connectivity index (χ1) is 12.0. The van der Waals surface area contributed by atoms with Gasteiger partial charge in [-0.3, -0.25) is 9.59 Å². The van der Waals surface area contributed by atoms with Crippen LogP contribution in [0.15, 0.2) is 42.5 Å². The standard InChI is InChI=1S/C20H24N2O3/c1-3-4-17(12-23)22-20(25)15-9-7-14(8-10-15)18-11-16(19(21)24)6-5-13(18)2/h5-11,17,23H,3-4,12H2,1-2H3,(H2,21,24)(H,22,25). The molecule has 2 rings (SSSR count). The maximum Gasteiger partial charge on any atom is 0.251 e. The van der Waals surface area contributed by atoms with E-state index in [-0.39, 0.29) is 18.6 Å². The van der Waals surface area contributed by atoms with Crippen molar-refractivity contribution in [3.8, 4) is 11.1 Å². The summed E-state index contributed by atoms with van der Waals surface area (Å²) in [5.74, 6) is -0.676. The molecule has 5 nitrogen and oxygen atoms in total. The molecule has 0 saturated heterocycles. The van der Waals surface area contributed by atoms with Gasteiger partial charge in [-0.1, -0.05) is 31.5 Å². The average Bonchev–Trinajstić information content (AvgIpc) is 2.61. The van der Waals surface area contributed by atoms with Gasteiger partial charge in [0.2, 0.25) is 5.91 Å². The number of amides is 2. The molecule has 1 unspecified atom stereocenters. The van der Waals surface area contributed by atoms with Gasteiger partial charge in [-0.05, 0) is 54.3 Å². The van der Waals surface area contributed by atoms with Crippen molar-refractivity contribution >= 4 is 11.8 Å². The lowest BCUT2D eigenvalue weighted by Gasteiger charge is -2.15. The Morgan fingerprint density at radius 1 is 1.12 bits per heavy atom. The summed E-state index contributed by atoms with van der Waals surface area (Å²) in [4.78, 5) is 23.6. The monoisotopic (exact) mass is 340 g/mol. The summed E-state index contributed by atoms with van der Waals surface area (Å²) in [6.07, 6.45) is 1.62. The lowest BCUT2D eigenvalue weighted by atomic mass is 9.97. The van der Waals surface area contributed by atoms with E-state index in [9.17, 15) is 14.7 Å². The number of benzene rings is 2. The number of nitrogens with two attached hydrogens (primary N) is 1. The van der Waals surface area contributed by atoms with Crippen LogP contribution in [0.2, 0.25) is 0 Å². The van der Waals surface area contributed by atoms with Gasteiger partial charge in [0.1, 0.15) is 0 Å². The molecule has 0 aromatic heterocycles. The summed E-state index contributed by atoms with van der Waals surface area (Å²) in [7, 11) is 0. The fourth-order valence-corrected chi connectivity index (χ4v) is 2.71. The summed E-state index contributed by atoms with van der Waals surface area (Å²) < 4.78 is 0. The zero-order valence-corrected chi connectivity index (χ0v) is 14.6. The lowest BCUT2D eigenvalue weighted by molar-refractivity contribution is 0.0912. The topological polar surface area (TPSA) is 92.4 Å². The van der Waals surface area contributed by atoms with Crippen molar-refractivity contribution in [2.45, 2.75) is 32.7 Å². The van der Waals surface area contributed by atoms with Crippen LogP contribution in [0.25, 0.3) is 11.1 Å². The number of aliphatic hydroxyl groups is 1. The number of hydrogen-bond donors (Lipinski definition) is 3. The number of carbonyl (C=O) groups excluding carboxylic acids is 2. The Morgan fingerprint density at radius 3 is 2.32 bits per heavy atom. The Morgan fingerprint density at radius 2 is 1.76 bits per heavy atom. The summed E-state index contributed by atoms with van der Waals surface area (Å²) in [6, 6.07) is 12.2. The smallest absolute Gasteiger partial charge is 0.251 e. The molecule has 0 aliphatic rings. The molecule has 4 N–H and O–H groups in total. The molecular formula is C20H24N2O3. The Kier molecular flexibility index (Phi) is 6.31. The van der Waals surface area contributed by atoms with Crippen LogP contribution in [0.5, 0.6) is 0 Å². The number of aryl methyl sites for hydroxylation is 1. The highest BCUT2D eigenvalue weighted by Crippen LogP contribution is 2.25. The second-order valence-corrected chi connectivity index (χ2v) is 6.11. The predicted octanol–water partition coefficient (Wildman–Crippen LogP) is 2.65. The minimum atomic E-state index is -0.469. The molecule has 2 aromatic carbocycles. The predicted molar refractivity (Wildman–Crippen MR) is 98.4 cm³/mol. The van der Waals surface area contributed by atoms with E-state index in [1.54, 1.807) is 24.3 Å². The van der Waals surface area contributed by atoms with Gasteiger partial charge in [0.05, 0.1) is 12.6 Å². The van der Waals surface area contributed by atoms with Gasteiger partial charge in [0.25, 0.3) is 5.91 Å². The molecule has 0 aliphatic heterocycles. The van der Waals surface area contributed by atoms with Crippen molar-refractivity contribution < 1.29 is 14.7 Å². The molecule has 5 heteroatoms. The molecule has 0 radical (unpaired) electrons. The van der Waals surface area contributed by atoms with E-state index in [0.29, 0.717) is 11.1 Å². The van der Waals surface area contributed by atoms with Crippen molar-refractivity contribution in [1.29, 1.82) is 0 Å². The highest BCUT2D eigenvalue weighted by atomic mass is 16.3. The largest absolute Gasteiger partial charge is 0.394 e. The molecular weight excluding hydrogens is 316 g/mol. The Balaban J connectivity index is 2.21. The second kappa shape index (κ2) is 8.44. The van der Waals surface area contributed by atoms with Gasteiger partial charge in [-0.2, -0.15) is 0 Å². The fraction of sp³-hybridized carbons (Fsp3) is 0.300. The lowest BCUT2D eigenvalue weighted by Crippen LogP contribution is -2.37. The van der Waals surface area contributed by atoms with E-state index in [0.717, 1.165) is 29.5 Å². The van der Waals surface area contributed by atoms with Crippen molar-refractivity contribution in [2.75, 3.05) is 6.61 Å². The number of rotatable bonds is 7. The Labute approximate surface area is 147 Å². The van der Waals surface area contributed by atoms with E-state index >= 15 is 0 Å². The minimum Gasteiger partial charge on any atom is -0.394 e. The number of hydrogen-bond acceptors (Lipinski definition) is 3. The molecule has 0 spiro atoms. The van der Waals surface area contributed by atoms with Gasteiger partial charge in [-0.15, -0.1) is 0 Å². The highest BCUT2D eigenvalue weighted by Gasteiger charge is 2.13. The van der Waals surface area contributed by atoms with Crippen molar-refractivity contribution in [2.24, 2.45) is 5.73 Å². The molecule has 132 valence electrons. The molecule has 0 bridgehead atoms. The normalized spacial score (nSPS) is 11.8. The Hall–Kier alpha value is -2.66. The van der Waals surface area contributed by atoms with Crippen LogP contribution < -0.4 is 11.1 Å². The molecule has 1 atom stereocenters. The van der Waals surface area contributed by atoms with Gasteiger partial charge >= 0.3 is 0 Å². The van der Waals surface area contributed by atoms with Crippen LogP contribution in [-0.2, 0) is 0 Å². The first-order valence-electron chi connectivity index (χ1n) is 8.38. The van der Waals surface area contributed by atoms with E-state index in [1.165, 1.54) is 0 Å². The summed E-state index contributed by atoms with van der Waals surface area (Å²) in [6.45, 7) is 3.89. The van der Waals surface area contributed by atoms with E-state index in [2.05, 4.69) is 5.32 Å². The van der Waals surface area contributed by atoms with E-state index in [1.807, 2.05) is 32.0 Å². The van der Waals surface area contributed by atoms with Crippen LogP contribution in [0.3, 0.4) is 0 Å². The number of nitrogens with one attached hydrogen (secondary N) is 1. The van der Waals surface area contributed by atoms with Crippen molar-refractivity contribution in [3.63, 3.8) is 0 Å². The van der Waals surface area contributed by atoms with Crippen molar-refractivity contribution in [3.05, 3.63) is 59.2 Å². The second-order valence-electron chi connectivity index (χ2n) is 6.11. The zero-order chi connectivity index (χ0) is 18.4. The summed E-state index contributed by atoms with van der Waals surface area (Å²) >= 11 is 0. The molecule has 2 aromatic rings. The quantitative estimate of drug-likeness (QED) is 0.723. The number of aliphatic hydroxyl groups excluding tert-OH is 1. The third kappa shape index (κ3) is 4.67. The first-order valence-corrected chi connectivity index (χ1v) is 8.38. The molecule has 0 fully saturated rings. The van der Waals surface area contributed by atoms with Gasteiger partial charge in [0, 0.05) is 11.1 Å². The third-order valence-corrected chi connectivity index (χ3v) is 4.17. The molecule has 0 saturated carbocycles. The van der Waals surface area contributed by atoms with Gasteiger partial charge in [0.15, 0.2) is 0 Å². The number of primary amides is 1. The van der Waals surface area contributed by atoms with Crippen LogP contribution in [-0.4, -0.2) is 29.6 Å². The van der Waals surface area contributed by atoms with Gasteiger partial charge in [-0.25, -0.2) is 0 Å². The Bertz CT molecular complexity index is 754. The summed E-state index contributed by atoms with van der Waals surface area (Å²) in [5, 5.41) is 12.1. The highest BCUT2D eigenvalue weighted by molar-refractivity contribution is 5.96. The van der Waals surface area contributed by atoms with Gasteiger partial charge < -0.3 is 16.2 Å². The SMILES string of the molecule is CCCC(CO)NC(=O)c1ccc(-c2cc(C(N)=O)ccc2C)cc1. The van der Waals surface area contributed by atoms with Crippen molar-refractivity contribution in [1.82, 2.24) is 5.32 Å². The van der Waals surface area contributed by atoms with E-state index in [4.69, 9.17) is 5.73 Å². The third-order valence-electron chi connectivity index (χ3n) is 4.17. The first kappa shape index (κ1) is 18.7. The van der Waals surface area contributed by atoms with Crippen LogP contribution in [0.1, 0.15) is 46.0 Å². The molecule has 0 heterocycles. The average molecular weight is 340 g/mol. The maximum absolute atomic E-state index is 12.3. The zero-order valence-electron chi connectivity index (χ0n) is 14.6. The van der Waals surface area contributed by atoms with E-state index < -0.39 is 5.91 Å². The fourth-order valence-electron chi connectivity index (χ4n) is 2.71. The molecule has 25 heavy (non-hydrogen) atoms. The molecule has 0 aliphatic carbocycles.